The summed E-state index contributed by atoms with van der Waals surface area (Å²) in [6.45, 7) is 7.24. The van der Waals surface area contributed by atoms with Crippen LogP contribution in [-0.4, -0.2) is 47.8 Å². The lowest BCUT2D eigenvalue weighted by atomic mass is 9.87. The van der Waals surface area contributed by atoms with Crippen molar-refractivity contribution >= 4 is 17.7 Å². The molecule has 3 amide bonds. The molecule has 6 nitrogen and oxygen atoms in total. The lowest BCUT2D eigenvalue weighted by molar-refractivity contribution is -0.137. The van der Waals surface area contributed by atoms with E-state index in [9.17, 15) is 14.4 Å². The van der Waals surface area contributed by atoms with E-state index in [1.807, 2.05) is 37.8 Å². The van der Waals surface area contributed by atoms with Gasteiger partial charge >= 0.3 is 0 Å². The minimum atomic E-state index is -0.587. The van der Waals surface area contributed by atoms with Gasteiger partial charge in [0.2, 0.25) is 11.8 Å². The van der Waals surface area contributed by atoms with Crippen molar-refractivity contribution < 1.29 is 14.4 Å². The van der Waals surface area contributed by atoms with E-state index in [4.69, 9.17) is 0 Å². The molecule has 0 aromatic heterocycles. The third-order valence-corrected chi connectivity index (χ3v) is 6.66. The Balaban J connectivity index is 1.50. The second-order valence-electron chi connectivity index (χ2n) is 9.50. The van der Waals surface area contributed by atoms with Crippen LogP contribution < -0.4 is 10.6 Å². The maximum absolute atomic E-state index is 12.9. The van der Waals surface area contributed by atoms with Crippen LogP contribution in [0.5, 0.6) is 0 Å². The van der Waals surface area contributed by atoms with E-state index < -0.39 is 6.04 Å². The molecule has 2 fully saturated rings. The van der Waals surface area contributed by atoms with Crippen LogP contribution in [0.25, 0.3) is 0 Å². The second-order valence-corrected chi connectivity index (χ2v) is 9.50. The SMILES string of the molecule is Cc1ccc(C(=O)NC(C(=O)NC2CCN(C(=O)C3CCCCC3)CC2)C(C)C)cc1. The number of hydrogen-bond acceptors (Lipinski definition) is 3. The van der Waals surface area contributed by atoms with Gasteiger partial charge in [-0.2, -0.15) is 0 Å². The van der Waals surface area contributed by atoms with E-state index in [0.29, 0.717) is 24.6 Å². The second kappa shape index (κ2) is 10.8. The van der Waals surface area contributed by atoms with Crippen molar-refractivity contribution in [2.24, 2.45) is 11.8 Å². The molecule has 0 bridgehead atoms. The van der Waals surface area contributed by atoms with E-state index in [1.54, 1.807) is 12.1 Å². The standard InChI is InChI=1S/C25H37N3O3/c1-17(2)22(27-23(29)19-11-9-18(3)10-12-19)24(30)26-21-13-15-28(16-14-21)25(31)20-7-5-4-6-8-20/h9-12,17,20-22H,4-8,13-16H2,1-3H3,(H,26,30)(H,27,29). The van der Waals surface area contributed by atoms with Gasteiger partial charge in [0.05, 0.1) is 0 Å². The summed E-state index contributed by atoms with van der Waals surface area (Å²) in [5, 5.41) is 6.01. The van der Waals surface area contributed by atoms with Crippen LogP contribution in [0.3, 0.4) is 0 Å². The fourth-order valence-electron chi connectivity index (χ4n) is 4.61. The molecule has 1 aromatic carbocycles. The smallest absolute Gasteiger partial charge is 0.251 e. The Bertz CT molecular complexity index is 761. The predicted octanol–water partition coefficient (Wildman–Crippen LogP) is 3.44. The normalized spacial score (nSPS) is 19.2. The van der Waals surface area contributed by atoms with Crippen LogP contribution in [0.2, 0.25) is 0 Å². The minimum absolute atomic E-state index is 0.0256. The topological polar surface area (TPSA) is 78.5 Å². The van der Waals surface area contributed by atoms with Crippen molar-refractivity contribution in [1.82, 2.24) is 15.5 Å². The van der Waals surface area contributed by atoms with Gasteiger partial charge in [-0.05, 0) is 50.7 Å². The largest absolute Gasteiger partial charge is 0.351 e. The van der Waals surface area contributed by atoms with Crippen molar-refractivity contribution in [3.05, 3.63) is 35.4 Å². The fraction of sp³-hybridized carbons (Fsp3) is 0.640. The number of carbonyl (C=O) groups is 3. The Kier molecular flexibility index (Phi) is 8.10. The zero-order valence-electron chi connectivity index (χ0n) is 19.2. The zero-order valence-corrected chi connectivity index (χ0v) is 19.2. The van der Waals surface area contributed by atoms with E-state index in [2.05, 4.69) is 10.6 Å². The molecule has 1 unspecified atom stereocenters. The Hall–Kier alpha value is -2.37. The molecule has 2 N–H and O–H groups in total. The fourth-order valence-corrected chi connectivity index (χ4v) is 4.61. The number of nitrogens with one attached hydrogen (secondary N) is 2. The molecular weight excluding hydrogens is 390 g/mol. The van der Waals surface area contributed by atoms with Gasteiger partial charge in [-0.25, -0.2) is 0 Å². The average molecular weight is 428 g/mol. The molecule has 0 spiro atoms. The average Bonchev–Trinajstić information content (AvgIpc) is 2.78. The number of amides is 3. The first-order valence-corrected chi connectivity index (χ1v) is 11.8. The number of aryl methyl sites for hydroxylation is 1. The van der Waals surface area contributed by atoms with E-state index in [1.165, 1.54) is 6.42 Å². The summed E-state index contributed by atoms with van der Waals surface area (Å²) < 4.78 is 0. The van der Waals surface area contributed by atoms with Gasteiger partial charge in [0, 0.05) is 30.6 Å². The lowest BCUT2D eigenvalue weighted by Gasteiger charge is -2.36. The molecule has 3 rings (SSSR count). The number of hydrogen-bond donors (Lipinski definition) is 2. The number of likely N-dealkylation sites (tertiary alicyclic amines) is 1. The van der Waals surface area contributed by atoms with Crippen molar-refractivity contribution in [3.63, 3.8) is 0 Å². The molecule has 170 valence electrons. The molecule has 1 saturated carbocycles. The van der Waals surface area contributed by atoms with Gasteiger partial charge in [0.25, 0.3) is 5.91 Å². The molecule has 1 saturated heterocycles. The number of piperidine rings is 1. The molecule has 31 heavy (non-hydrogen) atoms. The molecule has 1 aliphatic heterocycles. The van der Waals surface area contributed by atoms with Gasteiger partial charge in [-0.15, -0.1) is 0 Å². The monoisotopic (exact) mass is 427 g/mol. The van der Waals surface area contributed by atoms with Crippen molar-refractivity contribution in [2.75, 3.05) is 13.1 Å². The van der Waals surface area contributed by atoms with Crippen LogP contribution >= 0.6 is 0 Å². The van der Waals surface area contributed by atoms with Gasteiger partial charge in [0.1, 0.15) is 6.04 Å². The Morgan fingerprint density at radius 1 is 0.935 bits per heavy atom. The first kappa shape index (κ1) is 23.3. The van der Waals surface area contributed by atoms with E-state index in [0.717, 1.165) is 44.1 Å². The van der Waals surface area contributed by atoms with Crippen molar-refractivity contribution in [3.8, 4) is 0 Å². The van der Waals surface area contributed by atoms with Crippen molar-refractivity contribution in [2.45, 2.75) is 77.8 Å². The van der Waals surface area contributed by atoms with Gasteiger partial charge in [-0.3, -0.25) is 14.4 Å². The molecular formula is C25H37N3O3. The number of nitrogens with zero attached hydrogens (tertiary/aromatic N) is 1. The minimum Gasteiger partial charge on any atom is -0.351 e. The van der Waals surface area contributed by atoms with Crippen LogP contribution in [-0.2, 0) is 9.59 Å². The highest BCUT2D eigenvalue weighted by Crippen LogP contribution is 2.26. The molecule has 6 heteroatoms. The molecule has 1 aromatic rings. The third kappa shape index (κ3) is 6.31. The molecule has 1 atom stereocenters. The van der Waals surface area contributed by atoms with Gasteiger partial charge in [-0.1, -0.05) is 50.8 Å². The van der Waals surface area contributed by atoms with Crippen LogP contribution in [0, 0.1) is 18.8 Å². The summed E-state index contributed by atoms with van der Waals surface area (Å²) in [7, 11) is 0. The molecule has 1 heterocycles. The summed E-state index contributed by atoms with van der Waals surface area (Å²) in [5.74, 6) is 0.0914. The summed E-state index contributed by atoms with van der Waals surface area (Å²) in [4.78, 5) is 40.3. The Morgan fingerprint density at radius 2 is 1.55 bits per heavy atom. The van der Waals surface area contributed by atoms with Crippen molar-refractivity contribution in [1.29, 1.82) is 0 Å². The summed E-state index contributed by atoms with van der Waals surface area (Å²) >= 11 is 0. The highest BCUT2D eigenvalue weighted by atomic mass is 16.2. The Morgan fingerprint density at radius 3 is 2.13 bits per heavy atom. The maximum Gasteiger partial charge on any atom is 0.251 e. The predicted molar refractivity (Wildman–Crippen MR) is 122 cm³/mol. The first-order chi connectivity index (χ1) is 14.8. The lowest BCUT2D eigenvalue weighted by Crippen LogP contribution is -2.54. The summed E-state index contributed by atoms with van der Waals surface area (Å²) in [6, 6.07) is 6.79. The molecule has 0 radical (unpaired) electrons. The van der Waals surface area contributed by atoms with Gasteiger partial charge in [0.15, 0.2) is 0 Å². The van der Waals surface area contributed by atoms with Crippen LogP contribution in [0.4, 0.5) is 0 Å². The van der Waals surface area contributed by atoms with E-state index in [-0.39, 0.29) is 29.7 Å². The summed E-state index contributed by atoms with van der Waals surface area (Å²) in [6.07, 6.45) is 7.14. The highest BCUT2D eigenvalue weighted by Gasteiger charge is 2.31. The Labute approximate surface area is 186 Å². The third-order valence-electron chi connectivity index (χ3n) is 6.66. The number of rotatable bonds is 6. The van der Waals surface area contributed by atoms with Gasteiger partial charge < -0.3 is 15.5 Å². The molecule has 1 aliphatic carbocycles. The van der Waals surface area contributed by atoms with Crippen LogP contribution in [0.1, 0.15) is 74.7 Å². The highest BCUT2D eigenvalue weighted by molar-refractivity contribution is 5.97. The van der Waals surface area contributed by atoms with E-state index >= 15 is 0 Å². The maximum atomic E-state index is 12.9. The summed E-state index contributed by atoms with van der Waals surface area (Å²) in [5.41, 5.74) is 1.64. The van der Waals surface area contributed by atoms with Crippen LogP contribution in [0.15, 0.2) is 24.3 Å². The quantitative estimate of drug-likeness (QED) is 0.730. The number of benzene rings is 1. The first-order valence-electron chi connectivity index (χ1n) is 11.8. The number of carbonyl (C=O) groups excluding carboxylic acids is 3. The zero-order chi connectivity index (χ0) is 22.4. The molecule has 2 aliphatic rings.